The molecule has 0 fully saturated rings. The van der Waals surface area contributed by atoms with E-state index in [1.807, 2.05) is 12.1 Å². The summed E-state index contributed by atoms with van der Waals surface area (Å²) in [4.78, 5) is 22.4. The maximum Gasteiger partial charge on any atom is 0.416 e. The number of carboxylic acid groups (broad SMARTS) is 1. The molecule has 1 aliphatic heterocycles. The van der Waals surface area contributed by atoms with Crippen LogP contribution < -0.4 is 20.1 Å². The first-order valence-electron chi connectivity index (χ1n) is 11.7. The van der Waals surface area contributed by atoms with Crippen molar-refractivity contribution >= 4 is 34.4 Å². The zero-order valence-electron chi connectivity index (χ0n) is 20.8. The van der Waals surface area contributed by atoms with Gasteiger partial charge < -0.3 is 20.3 Å². The van der Waals surface area contributed by atoms with E-state index >= 15 is 0 Å². The third-order valence-electron chi connectivity index (χ3n) is 6.71. The molecule has 2 aromatic carbocycles. The Morgan fingerprint density at radius 3 is 2.42 bits per heavy atom. The van der Waals surface area contributed by atoms with E-state index < -0.39 is 29.4 Å². The average molecular weight is 642 g/mol. The largest absolute Gasteiger partial charge is 0.497 e. The fourth-order valence-electron chi connectivity index (χ4n) is 4.71. The van der Waals surface area contributed by atoms with Gasteiger partial charge in [-0.25, -0.2) is 14.8 Å². The Kier molecular flexibility index (Phi) is 7.75. The van der Waals surface area contributed by atoms with Crippen LogP contribution in [0.4, 0.5) is 23.7 Å². The molecular formula is C26H26F3IN4O4. The first-order valence-corrected chi connectivity index (χ1v) is 12.7. The number of nitrogens with zero attached hydrogens (tertiary/aromatic N) is 3. The van der Waals surface area contributed by atoms with Gasteiger partial charge in [-0.15, -0.1) is 0 Å². The number of hydrogen-bond acceptors (Lipinski definition) is 6. The molecule has 0 saturated heterocycles. The molecule has 38 heavy (non-hydrogen) atoms. The molecule has 0 unspecified atom stereocenters. The van der Waals surface area contributed by atoms with E-state index in [4.69, 9.17) is 20.2 Å². The number of fused-ring (bicyclic) bond motifs is 1. The lowest BCUT2D eigenvalue weighted by Gasteiger charge is -2.46. The van der Waals surface area contributed by atoms with E-state index in [1.54, 1.807) is 33.4 Å². The van der Waals surface area contributed by atoms with Crippen molar-refractivity contribution in [3.8, 4) is 11.5 Å². The Bertz CT molecular complexity index is 1350. The summed E-state index contributed by atoms with van der Waals surface area (Å²) in [7, 11) is 3.10. The molecular weight excluding hydrogens is 616 g/mol. The maximum atomic E-state index is 13.6. The topological polar surface area (TPSA) is 111 Å². The van der Waals surface area contributed by atoms with Gasteiger partial charge in [0, 0.05) is 24.6 Å². The lowest BCUT2D eigenvalue weighted by atomic mass is 9.80. The van der Waals surface area contributed by atoms with Crippen molar-refractivity contribution in [3.63, 3.8) is 0 Å². The number of anilines is 1. The normalized spacial score (nSPS) is 19.2. The van der Waals surface area contributed by atoms with E-state index in [0.717, 1.165) is 32.2 Å². The van der Waals surface area contributed by atoms with E-state index in [9.17, 15) is 23.1 Å². The van der Waals surface area contributed by atoms with Crippen molar-refractivity contribution in [1.29, 1.82) is 0 Å². The molecule has 202 valence electrons. The van der Waals surface area contributed by atoms with Crippen molar-refractivity contribution < 1.29 is 32.5 Å². The van der Waals surface area contributed by atoms with E-state index in [1.165, 1.54) is 0 Å². The molecule has 1 amide bonds. The number of amides is 1. The second kappa shape index (κ2) is 10.6. The molecule has 0 aliphatic carbocycles. The Labute approximate surface area is 231 Å². The molecule has 0 spiro atoms. The number of halogens is 4. The van der Waals surface area contributed by atoms with Crippen LogP contribution in [0.25, 0.3) is 0 Å². The SMILES string of the molecule is CC[C@]1(N)C[C@H](c2ncc(I)c(Cc3cc(OC)cc(OC)c3)n2)c2cc(C(F)(F)F)ccc2N1C(=O)O. The van der Waals surface area contributed by atoms with Crippen molar-refractivity contribution in [2.75, 3.05) is 19.1 Å². The molecule has 4 rings (SSSR count). The summed E-state index contributed by atoms with van der Waals surface area (Å²) < 4.78 is 52.4. The van der Waals surface area contributed by atoms with Gasteiger partial charge in [-0.1, -0.05) is 6.92 Å². The summed E-state index contributed by atoms with van der Waals surface area (Å²) in [6, 6.07) is 8.43. The summed E-state index contributed by atoms with van der Waals surface area (Å²) in [6.45, 7) is 1.73. The quantitative estimate of drug-likeness (QED) is 0.328. The maximum absolute atomic E-state index is 13.6. The minimum atomic E-state index is -4.61. The highest BCUT2D eigenvalue weighted by atomic mass is 127. The van der Waals surface area contributed by atoms with Gasteiger partial charge in [0.15, 0.2) is 0 Å². The monoisotopic (exact) mass is 642 g/mol. The highest BCUT2D eigenvalue weighted by molar-refractivity contribution is 14.1. The first-order chi connectivity index (χ1) is 17.9. The summed E-state index contributed by atoms with van der Waals surface area (Å²) in [5.74, 6) is 0.718. The average Bonchev–Trinajstić information content (AvgIpc) is 2.88. The Morgan fingerprint density at radius 2 is 1.87 bits per heavy atom. The van der Waals surface area contributed by atoms with Crippen LogP contribution in [0.1, 0.15) is 53.9 Å². The number of aromatic nitrogens is 2. The highest BCUT2D eigenvalue weighted by Crippen LogP contribution is 2.47. The first kappa shape index (κ1) is 27.9. The van der Waals surface area contributed by atoms with Crippen LogP contribution in [-0.4, -0.2) is 41.1 Å². The number of nitrogens with two attached hydrogens (primary N) is 1. The lowest BCUT2D eigenvalue weighted by molar-refractivity contribution is -0.137. The number of hydrogen-bond donors (Lipinski definition) is 2. The summed E-state index contributed by atoms with van der Waals surface area (Å²) in [5, 5.41) is 9.94. The van der Waals surface area contributed by atoms with Gasteiger partial charge in [-0.05, 0) is 76.9 Å². The molecule has 1 aliphatic rings. The third kappa shape index (κ3) is 5.37. The summed E-state index contributed by atoms with van der Waals surface area (Å²) in [5.41, 5.74) is 6.07. The highest BCUT2D eigenvalue weighted by Gasteiger charge is 2.46. The van der Waals surface area contributed by atoms with Gasteiger partial charge in [-0.2, -0.15) is 13.2 Å². The lowest BCUT2D eigenvalue weighted by Crippen LogP contribution is -2.61. The van der Waals surface area contributed by atoms with Crippen molar-refractivity contribution in [3.05, 3.63) is 74.4 Å². The fourth-order valence-corrected chi connectivity index (χ4v) is 5.16. The van der Waals surface area contributed by atoms with Crippen molar-refractivity contribution in [1.82, 2.24) is 9.97 Å². The third-order valence-corrected chi connectivity index (χ3v) is 7.61. The molecule has 0 bridgehead atoms. The van der Waals surface area contributed by atoms with Crippen LogP contribution in [0.5, 0.6) is 11.5 Å². The van der Waals surface area contributed by atoms with Crippen molar-refractivity contribution in [2.45, 2.75) is 43.9 Å². The van der Waals surface area contributed by atoms with Gasteiger partial charge in [0.05, 0.1) is 34.7 Å². The molecule has 8 nitrogen and oxygen atoms in total. The number of ether oxygens (including phenoxy) is 2. The summed E-state index contributed by atoms with van der Waals surface area (Å²) >= 11 is 2.11. The Hall–Kier alpha value is -3.13. The number of methoxy groups -OCH3 is 2. The minimum absolute atomic E-state index is 0.0110. The standard InChI is InChI=1S/C26H26F3IN4O4/c1-4-25(31)12-19(18-10-15(26(27,28)29)5-6-22(18)34(25)24(35)36)23-32-13-20(30)21(33-23)9-14-7-16(37-2)11-17(8-14)38-3/h5-8,10-11,13,19H,4,9,12,31H2,1-3H3,(H,35,36)/t19-,25+/m0/s1. The van der Waals surface area contributed by atoms with Crippen LogP contribution in [0.15, 0.2) is 42.6 Å². The second-order valence-corrected chi connectivity index (χ2v) is 10.2. The Balaban J connectivity index is 1.84. The summed E-state index contributed by atoms with van der Waals surface area (Å²) in [6.07, 6.45) is -3.72. The van der Waals surface area contributed by atoms with Crippen LogP contribution in [-0.2, 0) is 12.6 Å². The van der Waals surface area contributed by atoms with Crippen LogP contribution >= 0.6 is 22.6 Å². The predicted molar refractivity (Wildman–Crippen MR) is 143 cm³/mol. The molecule has 2 heterocycles. The number of rotatable bonds is 6. The minimum Gasteiger partial charge on any atom is -0.497 e. The number of benzene rings is 2. The second-order valence-electron chi connectivity index (χ2n) is 9.02. The van der Waals surface area contributed by atoms with Crippen molar-refractivity contribution in [2.24, 2.45) is 5.73 Å². The van der Waals surface area contributed by atoms with Gasteiger partial charge in [-0.3, -0.25) is 4.90 Å². The molecule has 3 N–H and O–H groups in total. The van der Waals surface area contributed by atoms with E-state index in [-0.39, 0.29) is 29.9 Å². The molecule has 0 saturated carbocycles. The zero-order chi connectivity index (χ0) is 27.8. The van der Waals surface area contributed by atoms with Gasteiger partial charge >= 0.3 is 12.3 Å². The zero-order valence-corrected chi connectivity index (χ0v) is 23.0. The molecule has 2 atom stereocenters. The van der Waals surface area contributed by atoms with Crippen LogP contribution in [0, 0.1) is 3.57 Å². The van der Waals surface area contributed by atoms with Gasteiger partial charge in [0.25, 0.3) is 0 Å². The fraction of sp³-hybridized carbons (Fsp3) is 0.346. The van der Waals surface area contributed by atoms with Gasteiger partial charge in [0.1, 0.15) is 23.0 Å². The van der Waals surface area contributed by atoms with E-state index in [0.29, 0.717) is 23.6 Å². The molecule has 1 aromatic heterocycles. The smallest absolute Gasteiger partial charge is 0.416 e. The number of carbonyl (C=O) groups is 1. The van der Waals surface area contributed by atoms with Crippen LogP contribution in [0.3, 0.4) is 0 Å². The molecule has 0 radical (unpaired) electrons. The molecule has 12 heteroatoms. The van der Waals surface area contributed by atoms with Crippen LogP contribution in [0.2, 0.25) is 0 Å². The predicted octanol–water partition coefficient (Wildman–Crippen LogP) is 5.79. The number of alkyl halides is 3. The molecule has 3 aromatic rings. The van der Waals surface area contributed by atoms with Gasteiger partial charge in [0.2, 0.25) is 0 Å². The Morgan fingerprint density at radius 1 is 1.21 bits per heavy atom. The van der Waals surface area contributed by atoms with E-state index in [2.05, 4.69) is 27.6 Å².